The van der Waals surface area contributed by atoms with Gasteiger partial charge in [-0.2, -0.15) is 4.98 Å². The summed E-state index contributed by atoms with van der Waals surface area (Å²) in [4.78, 5) is 10.0. The van der Waals surface area contributed by atoms with Crippen molar-refractivity contribution in [1.29, 1.82) is 0 Å². The van der Waals surface area contributed by atoms with Gasteiger partial charge >= 0.3 is 0 Å². The number of piperidine rings is 1. The molecule has 0 bridgehead atoms. The summed E-state index contributed by atoms with van der Waals surface area (Å²) in [5.41, 5.74) is 2.31. The van der Waals surface area contributed by atoms with Crippen molar-refractivity contribution in [3.05, 3.63) is 12.0 Å². The van der Waals surface area contributed by atoms with Crippen molar-refractivity contribution < 1.29 is 4.39 Å². The lowest BCUT2D eigenvalue weighted by Crippen LogP contribution is -2.42. The summed E-state index contributed by atoms with van der Waals surface area (Å²) in [7, 11) is 0. The highest BCUT2D eigenvalue weighted by Crippen LogP contribution is 2.17. The minimum absolute atomic E-state index is 0.209. The van der Waals surface area contributed by atoms with Crippen LogP contribution < -0.4 is 16.6 Å². The lowest BCUT2D eigenvalue weighted by atomic mass is 10.1. The quantitative estimate of drug-likeness (QED) is 0.545. The Morgan fingerprint density at radius 2 is 2.44 bits per heavy atom. The number of halogens is 1. The summed E-state index contributed by atoms with van der Waals surface area (Å²) in [6.07, 6.45) is 3.25. The standard InChI is InChI=1S/C11H19FN6/c1-2-18-5-3-4-8(7-18)15-10-9(12)6-14-11(16-10)17-13/h6,8H,2-5,7,13H2,1H3,(H2,14,15,16,17). The molecule has 2 heterocycles. The number of rotatable bonds is 4. The maximum Gasteiger partial charge on any atom is 0.239 e. The molecule has 18 heavy (non-hydrogen) atoms. The molecule has 4 N–H and O–H groups in total. The van der Waals surface area contributed by atoms with E-state index in [1.165, 1.54) is 0 Å². The summed E-state index contributed by atoms with van der Waals surface area (Å²) < 4.78 is 13.6. The Morgan fingerprint density at radius 3 is 3.17 bits per heavy atom. The van der Waals surface area contributed by atoms with Crippen molar-refractivity contribution in [3.63, 3.8) is 0 Å². The first-order valence-electron chi connectivity index (χ1n) is 6.21. The first-order chi connectivity index (χ1) is 8.72. The van der Waals surface area contributed by atoms with Crippen molar-refractivity contribution in [3.8, 4) is 0 Å². The molecule has 0 spiro atoms. The fourth-order valence-corrected chi connectivity index (χ4v) is 2.19. The van der Waals surface area contributed by atoms with Crippen LogP contribution in [-0.2, 0) is 0 Å². The predicted molar refractivity (Wildman–Crippen MR) is 68.6 cm³/mol. The fourth-order valence-electron chi connectivity index (χ4n) is 2.19. The zero-order chi connectivity index (χ0) is 13.0. The van der Waals surface area contributed by atoms with Gasteiger partial charge in [-0.3, -0.25) is 5.43 Å². The van der Waals surface area contributed by atoms with E-state index in [-0.39, 0.29) is 17.8 Å². The molecule has 0 aliphatic carbocycles. The number of nitrogens with one attached hydrogen (secondary N) is 2. The molecule has 1 unspecified atom stereocenters. The van der Waals surface area contributed by atoms with Crippen LogP contribution in [0.25, 0.3) is 0 Å². The number of likely N-dealkylation sites (N-methyl/N-ethyl adjacent to an activating group) is 1. The minimum atomic E-state index is -0.456. The molecule has 6 nitrogen and oxygen atoms in total. The Labute approximate surface area is 106 Å². The van der Waals surface area contributed by atoms with Gasteiger partial charge in [-0.1, -0.05) is 6.92 Å². The Kier molecular flexibility index (Phi) is 4.27. The Bertz CT molecular complexity index is 399. The van der Waals surface area contributed by atoms with Crippen LogP contribution in [0.4, 0.5) is 16.2 Å². The number of likely N-dealkylation sites (tertiary alicyclic amines) is 1. The number of hydrogen-bond donors (Lipinski definition) is 3. The largest absolute Gasteiger partial charge is 0.363 e. The number of nitrogens with two attached hydrogens (primary N) is 1. The number of nitrogen functional groups attached to an aromatic ring is 1. The number of anilines is 2. The van der Waals surface area contributed by atoms with Gasteiger partial charge in [-0.25, -0.2) is 15.2 Å². The maximum atomic E-state index is 13.6. The topological polar surface area (TPSA) is 79.1 Å². The summed E-state index contributed by atoms with van der Waals surface area (Å²) in [5, 5.41) is 3.12. The third-order valence-electron chi connectivity index (χ3n) is 3.17. The Morgan fingerprint density at radius 1 is 1.61 bits per heavy atom. The second-order valence-corrected chi connectivity index (χ2v) is 4.41. The molecule has 1 aromatic heterocycles. The number of hydrazine groups is 1. The van der Waals surface area contributed by atoms with E-state index in [0.717, 1.165) is 38.7 Å². The predicted octanol–water partition coefficient (Wildman–Crippen LogP) is 0.797. The monoisotopic (exact) mass is 254 g/mol. The Hall–Kier alpha value is -1.47. The molecule has 1 atom stereocenters. The fraction of sp³-hybridized carbons (Fsp3) is 0.636. The van der Waals surface area contributed by atoms with Gasteiger partial charge in [-0.05, 0) is 25.9 Å². The maximum absolute atomic E-state index is 13.6. The molecule has 0 radical (unpaired) electrons. The van der Waals surface area contributed by atoms with Crippen LogP contribution in [0.2, 0.25) is 0 Å². The van der Waals surface area contributed by atoms with Crippen molar-refractivity contribution in [2.75, 3.05) is 30.4 Å². The molecule has 100 valence electrons. The molecule has 7 heteroatoms. The average molecular weight is 254 g/mol. The van der Waals surface area contributed by atoms with E-state index >= 15 is 0 Å². The van der Waals surface area contributed by atoms with Gasteiger partial charge in [0.15, 0.2) is 11.6 Å². The van der Waals surface area contributed by atoms with Gasteiger partial charge < -0.3 is 10.2 Å². The van der Waals surface area contributed by atoms with Gasteiger partial charge in [0, 0.05) is 12.6 Å². The van der Waals surface area contributed by atoms with Crippen LogP contribution in [0.3, 0.4) is 0 Å². The molecule has 0 saturated carbocycles. The summed E-state index contributed by atoms with van der Waals surface area (Å²) in [5.74, 6) is 5.18. The smallest absolute Gasteiger partial charge is 0.239 e. The normalized spacial score (nSPS) is 20.7. The van der Waals surface area contributed by atoms with Gasteiger partial charge in [0.25, 0.3) is 0 Å². The lowest BCUT2D eigenvalue weighted by molar-refractivity contribution is 0.226. The van der Waals surface area contributed by atoms with Crippen LogP contribution in [0.15, 0.2) is 6.20 Å². The van der Waals surface area contributed by atoms with E-state index in [4.69, 9.17) is 5.84 Å². The lowest BCUT2D eigenvalue weighted by Gasteiger charge is -2.32. The summed E-state index contributed by atoms with van der Waals surface area (Å²) in [6, 6.07) is 0.216. The third kappa shape index (κ3) is 3.05. The average Bonchev–Trinajstić information content (AvgIpc) is 2.41. The molecule has 1 aromatic rings. The molecule has 1 fully saturated rings. The number of nitrogens with zero attached hydrogens (tertiary/aromatic N) is 3. The molecule has 1 aliphatic heterocycles. The molecule has 0 aromatic carbocycles. The highest BCUT2D eigenvalue weighted by molar-refractivity contribution is 5.41. The van der Waals surface area contributed by atoms with Crippen LogP contribution in [-0.4, -0.2) is 40.5 Å². The first kappa shape index (κ1) is 13.0. The van der Waals surface area contributed by atoms with Gasteiger partial charge in [0.05, 0.1) is 6.20 Å². The summed E-state index contributed by atoms with van der Waals surface area (Å²) >= 11 is 0. The van der Waals surface area contributed by atoms with E-state index in [2.05, 4.69) is 32.5 Å². The zero-order valence-corrected chi connectivity index (χ0v) is 10.5. The minimum Gasteiger partial charge on any atom is -0.363 e. The van der Waals surface area contributed by atoms with E-state index in [9.17, 15) is 4.39 Å². The van der Waals surface area contributed by atoms with Crippen molar-refractivity contribution >= 4 is 11.8 Å². The van der Waals surface area contributed by atoms with Gasteiger partial charge in [0.2, 0.25) is 5.95 Å². The second-order valence-electron chi connectivity index (χ2n) is 4.41. The molecule has 0 amide bonds. The second kappa shape index (κ2) is 5.92. The van der Waals surface area contributed by atoms with Crippen LogP contribution in [0, 0.1) is 5.82 Å². The van der Waals surface area contributed by atoms with Crippen LogP contribution >= 0.6 is 0 Å². The van der Waals surface area contributed by atoms with E-state index in [1.54, 1.807) is 0 Å². The molecule has 1 aliphatic rings. The Balaban J connectivity index is 2.04. The molecular formula is C11H19FN6. The molecular weight excluding hydrogens is 235 g/mol. The van der Waals surface area contributed by atoms with Gasteiger partial charge in [0.1, 0.15) is 0 Å². The first-order valence-corrected chi connectivity index (χ1v) is 6.21. The SMILES string of the molecule is CCN1CCCC(Nc2nc(NN)ncc2F)C1. The van der Waals surface area contributed by atoms with Crippen molar-refractivity contribution in [1.82, 2.24) is 14.9 Å². The van der Waals surface area contributed by atoms with E-state index < -0.39 is 5.82 Å². The highest BCUT2D eigenvalue weighted by atomic mass is 19.1. The number of hydrogen-bond acceptors (Lipinski definition) is 6. The zero-order valence-electron chi connectivity index (χ0n) is 10.5. The van der Waals surface area contributed by atoms with Crippen LogP contribution in [0.5, 0.6) is 0 Å². The number of aromatic nitrogens is 2. The van der Waals surface area contributed by atoms with Crippen molar-refractivity contribution in [2.45, 2.75) is 25.8 Å². The third-order valence-corrected chi connectivity index (χ3v) is 3.17. The van der Waals surface area contributed by atoms with Crippen LogP contribution in [0.1, 0.15) is 19.8 Å². The van der Waals surface area contributed by atoms with Crippen molar-refractivity contribution in [2.24, 2.45) is 5.84 Å². The van der Waals surface area contributed by atoms with E-state index in [0.29, 0.717) is 0 Å². The molecule has 1 saturated heterocycles. The van der Waals surface area contributed by atoms with E-state index in [1.807, 2.05) is 0 Å². The highest BCUT2D eigenvalue weighted by Gasteiger charge is 2.20. The van der Waals surface area contributed by atoms with Gasteiger partial charge in [-0.15, -0.1) is 0 Å². The summed E-state index contributed by atoms with van der Waals surface area (Å²) in [6.45, 7) is 5.16. The molecule has 2 rings (SSSR count).